The highest BCUT2D eigenvalue weighted by atomic mass is 19.1. The summed E-state index contributed by atoms with van der Waals surface area (Å²) in [6.45, 7) is 2.04. The van der Waals surface area contributed by atoms with Crippen LogP contribution in [0.4, 0.5) is 4.39 Å². The van der Waals surface area contributed by atoms with Gasteiger partial charge in [0.15, 0.2) is 6.61 Å². The fraction of sp³-hybridized carbons (Fsp3) is 0.333. The van der Waals surface area contributed by atoms with Gasteiger partial charge in [0, 0.05) is 26.2 Å². The van der Waals surface area contributed by atoms with Crippen molar-refractivity contribution in [2.45, 2.75) is 12.8 Å². The van der Waals surface area contributed by atoms with Crippen molar-refractivity contribution in [2.75, 3.05) is 32.8 Å². The van der Waals surface area contributed by atoms with Crippen LogP contribution >= 0.6 is 0 Å². The van der Waals surface area contributed by atoms with Crippen LogP contribution in [0.3, 0.4) is 0 Å². The van der Waals surface area contributed by atoms with Crippen molar-refractivity contribution in [3.63, 3.8) is 0 Å². The van der Waals surface area contributed by atoms with Crippen molar-refractivity contribution < 1.29 is 18.7 Å². The summed E-state index contributed by atoms with van der Waals surface area (Å²) in [5, 5.41) is 0. The molecule has 1 fully saturated rings. The number of rotatable bonds is 5. The first kappa shape index (κ1) is 18.9. The molecule has 0 unspecified atom stereocenters. The van der Waals surface area contributed by atoms with Crippen LogP contribution in [0.5, 0.6) is 5.75 Å². The minimum absolute atomic E-state index is 0.0206. The molecule has 0 saturated carbocycles. The highest BCUT2D eigenvalue weighted by molar-refractivity contribution is 5.80. The van der Waals surface area contributed by atoms with E-state index in [1.54, 1.807) is 40.1 Å². The van der Waals surface area contributed by atoms with Crippen LogP contribution in [0.25, 0.3) is 0 Å². The zero-order valence-corrected chi connectivity index (χ0v) is 15.1. The second kappa shape index (κ2) is 9.16. The Morgan fingerprint density at radius 1 is 0.852 bits per heavy atom. The number of hydrogen-bond acceptors (Lipinski definition) is 3. The number of nitrogens with zero attached hydrogens (tertiary/aromatic N) is 2. The molecule has 0 aromatic heterocycles. The van der Waals surface area contributed by atoms with Crippen LogP contribution < -0.4 is 4.74 Å². The summed E-state index contributed by atoms with van der Waals surface area (Å²) in [4.78, 5) is 28.3. The number of benzene rings is 2. The summed E-state index contributed by atoms with van der Waals surface area (Å²) in [5.74, 6) is 0.0788. The topological polar surface area (TPSA) is 49.9 Å². The van der Waals surface area contributed by atoms with Crippen LogP contribution in [0.1, 0.15) is 12.0 Å². The SMILES string of the molecule is O=C(COc1ccccc1)N1CCCN(C(=O)Cc2ccccc2F)CC1. The third-order valence-electron chi connectivity index (χ3n) is 4.61. The Morgan fingerprint density at radius 3 is 2.19 bits per heavy atom. The number of hydrogen-bond donors (Lipinski definition) is 0. The number of para-hydroxylation sites is 1. The molecule has 5 nitrogen and oxygen atoms in total. The van der Waals surface area contributed by atoms with E-state index in [1.165, 1.54) is 6.07 Å². The predicted molar refractivity (Wildman–Crippen MR) is 99.8 cm³/mol. The molecule has 1 aliphatic heterocycles. The highest BCUT2D eigenvalue weighted by Gasteiger charge is 2.22. The van der Waals surface area contributed by atoms with Crippen molar-refractivity contribution in [1.29, 1.82) is 0 Å². The van der Waals surface area contributed by atoms with Crippen LogP contribution in [-0.4, -0.2) is 54.4 Å². The maximum absolute atomic E-state index is 13.8. The lowest BCUT2D eigenvalue weighted by atomic mass is 10.1. The first-order chi connectivity index (χ1) is 13.1. The van der Waals surface area contributed by atoms with Crippen LogP contribution in [0, 0.1) is 5.82 Å². The van der Waals surface area contributed by atoms with Gasteiger partial charge < -0.3 is 14.5 Å². The van der Waals surface area contributed by atoms with Crippen LogP contribution in [0.2, 0.25) is 0 Å². The lowest BCUT2D eigenvalue weighted by Crippen LogP contribution is -2.39. The Bertz CT molecular complexity index is 782. The van der Waals surface area contributed by atoms with E-state index in [2.05, 4.69) is 0 Å². The monoisotopic (exact) mass is 370 g/mol. The number of amides is 2. The van der Waals surface area contributed by atoms with Crippen molar-refractivity contribution in [3.8, 4) is 5.75 Å². The zero-order chi connectivity index (χ0) is 19.1. The summed E-state index contributed by atoms with van der Waals surface area (Å²) >= 11 is 0. The van der Waals surface area contributed by atoms with Gasteiger partial charge in [-0.25, -0.2) is 4.39 Å². The van der Waals surface area contributed by atoms with Gasteiger partial charge >= 0.3 is 0 Å². The molecular weight excluding hydrogens is 347 g/mol. The Morgan fingerprint density at radius 2 is 1.48 bits per heavy atom. The molecule has 27 heavy (non-hydrogen) atoms. The van der Waals surface area contributed by atoms with Gasteiger partial charge in [0.2, 0.25) is 5.91 Å². The fourth-order valence-electron chi connectivity index (χ4n) is 3.09. The van der Waals surface area contributed by atoms with Crippen molar-refractivity contribution >= 4 is 11.8 Å². The molecule has 1 heterocycles. The summed E-state index contributed by atoms with van der Waals surface area (Å²) in [5.41, 5.74) is 0.399. The molecule has 1 saturated heterocycles. The second-order valence-corrected chi connectivity index (χ2v) is 6.49. The maximum atomic E-state index is 13.8. The molecule has 3 rings (SSSR count). The Kier molecular flexibility index (Phi) is 6.41. The van der Waals surface area contributed by atoms with E-state index in [0.29, 0.717) is 43.9 Å². The molecular formula is C21H23FN2O3. The second-order valence-electron chi connectivity index (χ2n) is 6.49. The van der Waals surface area contributed by atoms with E-state index in [-0.39, 0.29) is 30.7 Å². The average molecular weight is 370 g/mol. The van der Waals surface area contributed by atoms with E-state index < -0.39 is 0 Å². The van der Waals surface area contributed by atoms with Crippen molar-refractivity contribution in [2.24, 2.45) is 0 Å². The molecule has 1 aliphatic rings. The lowest BCUT2D eigenvalue weighted by molar-refractivity contribution is -0.134. The smallest absolute Gasteiger partial charge is 0.260 e. The van der Waals surface area contributed by atoms with Gasteiger partial charge in [0.1, 0.15) is 11.6 Å². The van der Waals surface area contributed by atoms with E-state index in [1.807, 2.05) is 18.2 Å². The largest absolute Gasteiger partial charge is 0.484 e. The Labute approximate surface area is 158 Å². The minimum Gasteiger partial charge on any atom is -0.484 e. The van der Waals surface area contributed by atoms with Gasteiger partial charge in [-0.1, -0.05) is 36.4 Å². The minimum atomic E-state index is -0.365. The Hall–Kier alpha value is -2.89. The Balaban J connectivity index is 1.50. The summed E-state index contributed by atoms with van der Waals surface area (Å²) < 4.78 is 19.3. The molecule has 2 aromatic rings. The molecule has 2 aromatic carbocycles. The highest BCUT2D eigenvalue weighted by Crippen LogP contribution is 2.12. The number of carbonyl (C=O) groups is 2. The predicted octanol–water partition coefficient (Wildman–Crippen LogP) is 2.51. The molecule has 0 N–H and O–H groups in total. The van der Waals surface area contributed by atoms with Gasteiger partial charge in [0.25, 0.3) is 5.91 Å². The van der Waals surface area contributed by atoms with E-state index >= 15 is 0 Å². The normalized spacial score (nSPS) is 14.6. The van der Waals surface area contributed by atoms with E-state index in [9.17, 15) is 14.0 Å². The molecule has 2 amide bonds. The zero-order valence-electron chi connectivity index (χ0n) is 15.1. The maximum Gasteiger partial charge on any atom is 0.260 e. The van der Waals surface area contributed by atoms with Crippen LogP contribution in [-0.2, 0) is 16.0 Å². The summed E-state index contributed by atoms with van der Waals surface area (Å²) in [7, 11) is 0. The van der Waals surface area contributed by atoms with E-state index in [4.69, 9.17) is 4.74 Å². The van der Waals surface area contributed by atoms with Crippen molar-refractivity contribution in [3.05, 3.63) is 66.0 Å². The van der Waals surface area contributed by atoms with Gasteiger partial charge in [-0.2, -0.15) is 0 Å². The fourth-order valence-corrected chi connectivity index (χ4v) is 3.09. The van der Waals surface area contributed by atoms with Gasteiger partial charge in [-0.3, -0.25) is 9.59 Å². The summed E-state index contributed by atoms with van der Waals surface area (Å²) in [6.07, 6.45) is 0.734. The lowest BCUT2D eigenvalue weighted by Gasteiger charge is -2.22. The molecule has 0 aliphatic carbocycles. The number of ether oxygens (including phenoxy) is 1. The third-order valence-corrected chi connectivity index (χ3v) is 4.61. The van der Waals surface area contributed by atoms with Gasteiger partial charge in [-0.05, 0) is 30.2 Å². The summed E-state index contributed by atoms with van der Waals surface area (Å²) in [6, 6.07) is 15.5. The molecule has 0 atom stereocenters. The van der Waals surface area contributed by atoms with Crippen molar-refractivity contribution in [1.82, 2.24) is 9.80 Å². The quantitative estimate of drug-likeness (QED) is 0.813. The van der Waals surface area contributed by atoms with Gasteiger partial charge in [-0.15, -0.1) is 0 Å². The first-order valence-corrected chi connectivity index (χ1v) is 9.10. The van der Waals surface area contributed by atoms with Gasteiger partial charge in [0.05, 0.1) is 6.42 Å². The molecule has 0 bridgehead atoms. The molecule has 142 valence electrons. The van der Waals surface area contributed by atoms with Crippen LogP contribution in [0.15, 0.2) is 54.6 Å². The van der Waals surface area contributed by atoms with E-state index in [0.717, 1.165) is 0 Å². The number of carbonyl (C=O) groups excluding carboxylic acids is 2. The molecule has 0 radical (unpaired) electrons. The molecule has 0 spiro atoms. The third kappa shape index (κ3) is 5.29. The molecule has 6 heteroatoms. The average Bonchev–Trinajstić information content (AvgIpc) is 2.95. The number of halogens is 1. The first-order valence-electron chi connectivity index (χ1n) is 9.10. The standard InChI is InChI=1S/C21H23FN2O3/c22-19-10-5-4-7-17(19)15-20(25)23-11-6-12-24(14-13-23)21(26)16-27-18-8-2-1-3-9-18/h1-5,7-10H,6,11-16H2.